The smallest absolute Gasteiger partial charge is 0.255 e. The third-order valence-electron chi connectivity index (χ3n) is 3.97. The molecule has 2 aromatic carbocycles. The highest BCUT2D eigenvalue weighted by Gasteiger charge is 2.15. The van der Waals surface area contributed by atoms with Crippen LogP contribution >= 0.6 is 11.8 Å². The molecule has 3 rings (SSSR count). The molecule has 142 valence electrons. The Morgan fingerprint density at radius 1 is 0.964 bits per heavy atom. The van der Waals surface area contributed by atoms with E-state index in [0.717, 1.165) is 10.5 Å². The van der Waals surface area contributed by atoms with Crippen LogP contribution in [0.1, 0.15) is 22.8 Å². The minimum Gasteiger partial charge on any atom is -0.322 e. The van der Waals surface area contributed by atoms with E-state index >= 15 is 0 Å². The van der Waals surface area contributed by atoms with Crippen molar-refractivity contribution >= 4 is 35.1 Å². The second-order valence-corrected chi connectivity index (χ2v) is 7.73. The molecule has 0 fully saturated rings. The Bertz CT molecular complexity index is 976. The van der Waals surface area contributed by atoms with Crippen molar-refractivity contribution in [3.63, 3.8) is 0 Å². The second kappa shape index (κ2) is 9.19. The Morgan fingerprint density at radius 3 is 2.54 bits per heavy atom. The van der Waals surface area contributed by atoms with Crippen molar-refractivity contribution in [2.75, 3.05) is 10.6 Å². The summed E-state index contributed by atoms with van der Waals surface area (Å²) in [6.45, 7) is 3.78. The lowest BCUT2D eigenvalue weighted by Gasteiger charge is -2.12. The first-order chi connectivity index (χ1) is 13.5. The van der Waals surface area contributed by atoms with Crippen LogP contribution in [0, 0.1) is 6.92 Å². The molecule has 1 atom stereocenters. The number of aromatic nitrogens is 1. The normalized spacial score (nSPS) is 11.5. The van der Waals surface area contributed by atoms with Gasteiger partial charge in [0.1, 0.15) is 5.82 Å². The quantitative estimate of drug-likeness (QED) is 0.594. The third-order valence-corrected chi connectivity index (χ3v) is 5.06. The molecule has 0 radical (unpaired) electrons. The number of hydrogen-bond acceptors (Lipinski definition) is 4. The van der Waals surface area contributed by atoms with Crippen LogP contribution in [0.3, 0.4) is 0 Å². The summed E-state index contributed by atoms with van der Waals surface area (Å²) in [5.41, 5.74) is 2.33. The van der Waals surface area contributed by atoms with Gasteiger partial charge >= 0.3 is 0 Å². The summed E-state index contributed by atoms with van der Waals surface area (Å²) in [7, 11) is 0. The number of carbonyl (C=O) groups excluding carboxylic acids is 2. The highest BCUT2D eigenvalue weighted by molar-refractivity contribution is 8.00. The number of nitrogens with one attached hydrogen (secondary N) is 2. The van der Waals surface area contributed by atoms with Gasteiger partial charge in [0, 0.05) is 22.3 Å². The van der Waals surface area contributed by atoms with Gasteiger partial charge in [0.05, 0.1) is 5.25 Å². The molecule has 6 heteroatoms. The van der Waals surface area contributed by atoms with Crippen LogP contribution in [0.15, 0.2) is 77.8 Å². The zero-order chi connectivity index (χ0) is 19.9. The highest BCUT2D eigenvalue weighted by Crippen LogP contribution is 2.26. The van der Waals surface area contributed by atoms with E-state index in [2.05, 4.69) is 15.6 Å². The van der Waals surface area contributed by atoms with Crippen molar-refractivity contribution in [2.45, 2.75) is 24.0 Å². The van der Waals surface area contributed by atoms with E-state index in [0.29, 0.717) is 17.1 Å². The lowest BCUT2D eigenvalue weighted by Crippen LogP contribution is -2.22. The number of aryl methyl sites for hydroxylation is 1. The number of nitrogens with zero attached hydrogens (tertiary/aromatic N) is 1. The molecule has 0 aliphatic rings. The van der Waals surface area contributed by atoms with Crippen LogP contribution in [0.4, 0.5) is 11.5 Å². The molecule has 3 aromatic rings. The maximum Gasteiger partial charge on any atom is 0.255 e. The molecule has 5 nitrogen and oxygen atoms in total. The average Bonchev–Trinajstić information content (AvgIpc) is 2.69. The van der Waals surface area contributed by atoms with Crippen LogP contribution in [-0.2, 0) is 4.79 Å². The first-order valence-electron chi connectivity index (χ1n) is 8.88. The minimum absolute atomic E-state index is 0.127. The van der Waals surface area contributed by atoms with Gasteiger partial charge in [0.15, 0.2) is 0 Å². The molecular weight excluding hydrogens is 370 g/mol. The van der Waals surface area contributed by atoms with E-state index in [1.165, 1.54) is 11.8 Å². The van der Waals surface area contributed by atoms with Crippen LogP contribution in [0.25, 0.3) is 0 Å². The van der Waals surface area contributed by atoms with E-state index < -0.39 is 0 Å². The number of anilines is 2. The maximum atomic E-state index is 12.4. The van der Waals surface area contributed by atoms with Crippen LogP contribution in [0.5, 0.6) is 0 Å². The summed E-state index contributed by atoms with van der Waals surface area (Å²) in [5, 5.41) is 5.39. The molecule has 0 spiro atoms. The number of hydrogen-bond donors (Lipinski definition) is 2. The standard InChI is InChI=1S/C22H21N3O2S/c1-15-7-5-8-17(13-15)22(27)24-18-9-6-10-19(14-18)28-16(2)21(26)25-20-11-3-4-12-23-20/h3-14,16H,1-2H3,(H,24,27)(H,23,25,26). The van der Waals surface area contributed by atoms with E-state index in [1.54, 1.807) is 24.4 Å². The van der Waals surface area contributed by atoms with Crippen LogP contribution < -0.4 is 10.6 Å². The van der Waals surface area contributed by atoms with Crippen LogP contribution in [0.2, 0.25) is 0 Å². The predicted octanol–water partition coefficient (Wildman–Crippen LogP) is 4.76. The van der Waals surface area contributed by atoms with Gasteiger partial charge < -0.3 is 10.6 Å². The fourth-order valence-corrected chi connectivity index (χ4v) is 3.49. The molecule has 0 saturated carbocycles. The van der Waals surface area contributed by atoms with Gasteiger partial charge in [-0.05, 0) is 56.3 Å². The molecule has 0 bridgehead atoms. The van der Waals surface area contributed by atoms with Crippen molar-refractivity contribution in [3.05, 3.63) is 84.1 Å². The van der Waals surface area contributed by atoms with Gasteiger partial charge in [-0.15, -0.1) is 11.8 Å². The topological polar surface area (TPSA) is 71.1 Å². The Labute approximate surface area is 168 Å². The molecule has 1 aromatic heterocycles. The Hall–Kier alpha value is -3.12. The molecule has 1 heterocycles. The zero-order valence-corrected chi connectivity index (χ0v) is 16.5. The van der Waals surface area contributed by atoms with E-state index in [1.807, 2.05) is 62.4 Å². The number of amides is 2. The molecule has 1 unspecified atom stereocenters. The first kappa shape index (κ1) is 19.6. The molecule has 0 aliphatic heterocycles. The van der Waals surface area contributed by atoms with Gasteiger partial charge in [0.25, 0.3) is 5.91 Å². The average molecular weight is 391 g/mol. The van der Waals surface area contributed by atoms with Crippen LogP contribution in [-0.4, -0.2) is 22.0 Å². The maximum absolute atomic E-state index is 12.4. The van der Waals surface area contributed by atoms with Gasteiger partial charge in [-0.3, -0.25) is 9.59 Å². The molecular formula is C22H21N3O2S. The number of thioether (sulfide) groups is 1. The molecule has 2 N–H and O–H groups in total. The second-order valence-electron chi connectivity index (χ2n) is 6.32. The summed E-state index contributed by atoms with van der Waals surface area (Å²) in [6, 6.07) is 20.3. The van der Waals surface area contributed by atoms with Crippen molar-refractivity contribution < 1.29 is 9.59 Å². The number of rotatable bonds is 6. The number of benzene rings is 2. The number of carbonyl (C=O) groups is 2. The zero-order valence-electron chi connectivity index (χ0n) is 15.7. The van der Waals surface area contributed by atoms with Crippen molar-refractivity contribution in [2.24, 2.45) is 0 Å². The van der Waals surface area contributed by atoms with E-state index in [4.69, 9.17) is 0 Å². The summed E-state index contributed by atoms with van der Waals surface area (Å²) < 4.78 is 0. The third kappa shape index (κ3) is 5.44. The molecule has 28 heavy (non-hydrogen) atoms. The predicted molar refractivity (Wildman–Crippen MR) is 114 cm³/mol. The first-order valence-corrected chi connectivity index (χ1v) is 9.76. The Morgan fingerprint density at radius 2 is 1.79 bits per heavy atom. The van der Waals surface area contributed by atoms with Crippen molar-refractivity contribution in [3.8, 4) is 0 Å². The summed E-state index contributed by atoms with van der Waals surface area (Å²) in [5.74, 6) is 0.240. The van der Waals surface area contributed by atoms with E-state index in [-0.39, 0.29) is 17.1 Å². The Kier molecular flexibility index (Phi) is 6.45. The van der Waals surface area contributed by atoms with Crippen molar-refractivity contribution in [1.29, 1.82) is 0 Å². The summed E-state index contributed by atoms with van der Waals surface area (Å²) in [4.78, 5) is 29.8. The monoisotopic (exact) mass is 391 g/mol. The van der Waals surface area contributed by atoms with Gasteiger partial charge in [-0.25, -0.2) is 4.98 Å². The van der Waals surface area contributed by atoms with Gasteiger partial charge in [0.2, 0.25) is 5.91 Å². The van der Waals surface area contributed by atoms with Gasteiger partial charge in [-0.1, -0.05) is 29.8 Å². The highest BCUT2D eigenvalue weighted by atomic mass is 32.2. The molecule has 0 aliphatic carbocycles. The number of pyridine rings is 1. The molecule has 2 amide bonds. The van der Waals surface area contributed by atoms with Crippen molar-refractivity contribution in [1.82, 2.24) is 4.98 Å². The largest absolute Gasteiger partial charge is 0.322 e. The SMILES string of the molecule is Cc1cccc(C(=O)Nc2cccc(SC(C)C(=O)Nc3ccccn3)c2)c1. The lowest BCUT2D eigenvalue weighted by molar-refractivity contribution is -0.115. The minimum atomic E-state index is -0.315. The van der Waals surface area contributed by atoms with Gasteiger partial charge in [-0.2, -0.15) is 0 Å². The summed E-state index contributed by atoms with van der Waals surface area (Å²) >= 11 is 1.42. The summed E-state index contributed by atoms with van der Waals surface area (Å²) in [6.07, 6.45) is 1.63. The fraction of sp³-hybridized carbons (Fsp3) is 0.136. The Balaban J connectivity index is 1.62. The lowest BCUT2D eigenvalue weighted by atomic mass is 10.1. The van der Waals surface area contributed by atoms with E-state index in [9.17, 15) is 9.59 Å². The fourth-order valence-electron chi connectivity index (χ4n) is 2.56. The molecule has 0 saturated heterocycles.